The second-order valence-electron chi connectivity index (χ2n) is 4.80. The normalized spacial score (nSPS) is 21.8. The molecule has 1 aliphatic rings. The minimum Gasteiger partial charge on any atom is -0.481 e. The Kier molecular flexibility index (Phi) is 5.70. The monoisotopic (exact) mass is 393 g/mol. The van der Waals surface area contributed by atoms with Gasteiger partial charge in [0.1, 0.15) is 0 Å². The second-order valence-corrected chi connectivity index (χ2v) is 8.87. The van der Waals surface area contributed by atoms with E-state index in [4.69, 9.17) is 5.11 Å². The molecule has 8 heteroatoms. The highest BCUT2D eigenvalue weighted by Gasteiger charge is 2.44. The number of hydrogen-bond donors (Lipinski definition) is 2. The fraction of sp³-hybridized carbons (Fsp3) is 0.462. The van der Waals surface area contributed by atoms with Gasteiger partial charge in [0.2, 0.25) is 10.0 Å². The van der Waals surface area contributed by atoms with E-state index in [-0.39, 0.29) is 0 Å². The van der Waals surface area contributed by atoms with Gasteiger partial charge in [-0.15, -0.1) is 11.8 Å². The molecule has 2 rings (SSSR count). The number of aliphatic carboxylic acids is 1. The van der Waals surface area contributed by atoms with Gasteiger partial charge in [0.15, 0.2) is 0 Å². The van der Waals surface area contributed by atoms with Gasteiger partial charge in [-0.3, -0.25) is 4.79 Å². The lowest BCUT2D eigenvalue weighted by Gasteiger charge is -2.32. The van der Waals surface area contributed by atoms with E-state index in [2.05, 4.69) is 20.7 Å². The number of carboxylic acids is 1. The molecule has 0 spiro atoms. The zero-order valence-corrected chi connectivity index (χ0v) is 14.4. The molecule has 1 aromatic carbocycles. The number of nitrogens with one attached hydrogen (secondary N) is 1. The SMILES string of the molecule is O=C(O)C1CCC1S(=O)(=O)NCCSc1ccc(Br)cc1. The number of hydrogen-bond acceptors (Lipinski definition) is 4. The molecule has 0 heterocycles. The molecule has 2 N–H and O–H groups in total. The third-order valence-corrected chi connectivity index (χ3v) is 6.92. The van der Waals surface area contributed by atoms with E-state index in [9.17, 15) is 13.2 Å². The van der Waals surface area contributed by atoms with Crippen molar-refractivity contribution in [2.75, 3.05) is 12.3 Å². The van der Waals surface area contributed by atoms with Crippen LogP contribution >= 0.6 is 27.7 Å². The van der Waals surface area contributed by atoms with Crippen LogP contribution in [-0.4, -0.2) is 37.0 Å². The number of thioether (sulfide) groups is 1. The van der Waals surface area contributed by atoms with Crippen molar-refractivity contribution >= 4 is 43.7 Å². The van der Waals surface area contributed by atoms with Crippen LogP contribution < -0.4 is 4.72 Å². The molecule has 0 aromatic heterocycles. The summed E-state index contributed by atoms with van der Waals surface area (Å²) in [6.07, 6.45) is 0.862. The van der Waals surface area contributed by atoms with Gasteiger partial charge < -0.3 is 5.11 Å². The Balaban J connectivity index is 1.77. The fourth-order valence-electron chi connectivity index (χ4n) is 2.11. The predicted molar refractivity (Wildman–Crippen MR) is 85.9 cm³/mol. The number of halogens is 1. The van der Waals surface area contributed by atoms with Crippen LogP contribution in [0.3, 0.4) is 0 Å². The Morgan fingerprint density at radius 2 is 2.00 bits per heavy atom. The largest absolute Gasteiger partial charge is 0.481 e. The topological polar surface area (TPSA) is 83.5 Å². The molecule has 0 radical (unpaired) electrons. The molecule has 0 aliphatic heterocycles. The zero-order chi connectivity index (χ0) is 15.5. The third-order valence-electron chi connectivity index (χ3n) is 3.41. The van der Waals surface area contributed by atoms with Crippen molar-refractivity contribution < 1.29 is 18.3 Å². The Morgan fingerprint density at radius 1 is 1.33 bits per heavy atom. The van der Waals surface area contributed by atoms with E-state index in [1.165, 1.54) is 0 Å². The smallest absolute Gasteiger partial charge is 0.307 e. The molecule has 1 fully saturated rings. The van der Waals surface area contributed by atoms with Gasteiger partial charge in [-0.1, -0.05) is 15.9 Å². The zero-order valence-electron chi connectivity index (χ0n) is 11.2. The average molecular weight is 394 g/mol. The highest BCUT2D eigenvalue weighted by molar-refractivity contribution is 9.10. The first-order valence-corrected chi connectivity index (χ1v) is 9.82. The highest BCUT2D eigenvalue weighted by Crippen LogP contribution is 2.33. The van der Waals surface area contributed by atoms with Crippen LogP contribution in [0.25, 0.3) is 0 Å². The first-order valence-electron chi connectivity index (χ1n) is 6.50. The summed E-state index contributed by atoms with van der Waals surface area (Å²) in [5.74, 6) is -1.19. The van der Waals surface area contributed by atoms with Crippen LogP contribution in [0, 0.1) is 5.92 Å². The van der Waals surface area contributed by atoms with E-state index >= 15 is 0 Å². The molecule has 5 nitrogen and oxygen atoms in total. The molecule has 1 saturated carbocycles. The standard InChI is InChI=1S/C13H16BrNO4S2/c14-9-1-3-10(4-2-9)20-8-7-15-21(18,19)12-6-5-11(12)13(16)17/h1-4,11-12,15H,5-8H2,(H,16,17). The Morgan fingerprint density at radius 3 is 2.52 bits per heavy atom. The minimum atomic E-state index is -3.53. The second kappa shape index (κ2) is 7.13. The quantitative estimate of drug-likeness (QED) is 0.548. The molecule has 1 aromatic rings. The molecular weight excluding hydrogens is 378 g/mol. The van der Waals surface area contributed by atoms with Gasteiger partial charge in [0.25, 0.3) is 0 Å². The summed E-state index contributed by atoms with van der Waals surface area (Å²) in [7, 11) is -3.53. The van der Waals surface area contributed by atoms with Crippen molar-refractivity contribution in [3.63, 3.8) is 0 Å². The molecule has 2 atom stereocenters. The Hall–Kier alpha value is -0.570. The predicted octanol–water partition coefficient (Wildman–Crippen LogP) is 2.32. The lowest BCUT2D eigenvalue weighted by Crippen LogP contribution is -2.48. The van der Waals surface area contributed by atoms with Crippen molar-refractivity contribution in [2.45, 2.75) is 23.0 Å². The lowest BCUT2D eigenvalue weighted by molar-refractivity contribution is -0.144. The Labute approximate surface area is 136 Å². The summed E-state index contributed by atoms with van der Waals surface area (Å²) in [5.41, 5.74) is 0. The number of carboxylic acid groups (broad SMARTS) is 1. The number of rotatable bonds is 7. The summed E-state index contributed by atoms with van der Waals surface area (Å²) in [6.45, 7) is 0.298. The summed E-state index contributed by atoms with van der Waals surface area (Å²) in [5, 5.41) is 8.12. The van der Waals surface area contributed by atoms with Crippen LogP contribution in [-0.2, 0) is 14.8 Å². The molecule has 1 aliphatic carbocycles. The maximum absolute atomic E-state index is 12.0. The van der Waals surface area contributed by atoms with Crippen LogP contribution in [0.2, 0.25) is 0 Å². The van der Waals surface area contributed by atoms with E-state index in [0.29, 0.717) is 25.1 Å². The first kappa shape index (κ1) is 16.8. The number of carbonyl (C=O) groups is 1. The van der Waals surface area contributed by atoms with Crippen LogP contribution in [0.5, 0.6) is 0 Å². The highest BCUT2D eigenvalue weighted by atomic mass is 79.9. The van der Waals surface area contributed by atoms with Gasteiger partial charge in [-0.05, 0) is 37.1 Å². The molecule has 21 heavy (non-hydrogen) atoms. The summed E-state index contributed by atoms with van der Waals surface area (Å²) in [6, 6.07) is 7.77. The fourth-order valence-corrected chi connectivity index (χ4v) is 5.01. The van der Waals surface area contributed by atoms with E-state index in [0.717, 1.165) is 9.37 Å². The van der Waals surface area contributed by atoms with Crippen LogP contribution in [0.1, 0.15) is 12.8 Å². The molecular formula is C13H16BrNO4S2. The molecule has 2 unspecified atom stereocenters. The Bertz CT molecular complexity index is 603. The van der Waals surface area contributed by atoms with Gasteiger partial charge in [-0.2, -0.15) is 0 Å². The van der Waals surface area contributed by atoms with E-state index < -0.39 is 27.2 Å². The maximum atomic E-state index is 12.0. The van der Waals surface area contributed by atoms with Crippen molar-refractivity contribution in [2.24, 2.45) is 5.92 Å². The van der Waals surface area contributed by atoms with Crippen molar-refractivity contribution in [1.29, 1.82) is 0 Å². The lowest BCUT2D eigenvalue weighted by atomic mass is 9.85. The third kappa shape index (κ3) is 4.45. The van der Waals surface area contributed by atoms with Gasteiger partial charge >= 0.3 is 5.97 Å². The number of sulfonamides is 1. The van der Waals surface area contributed by atoms with E-state index in [1.54, 1.807) is 11.8 Å². The summed E-state index contributed by atoms with van der Waals surface area (Å²) in [4.78, 5) is 11.9. The van der Waals surface area contributed by atoms with Crippen molar-refractivity contribution in [3.8, 4) is 0 Å². The maximum Gasteiger partial charge on any atom is 0.307 e. The minimum absolute atomic E-state index is 0.298. The van der Waals surface area contributed by atoms with Crippen LogP contribution in [0.15, 0.2) is 33.6 Å². The first-order chi connectivity index (χ1) is 9.90. The summed E-state index contributed by atoms with van der Waals surface area (Å²) >= 11 is 4.90. The number of benzene rings is 1. The average Bonchev–Trinajstić information content (AvgIpc) is 2.34. The van der Waals surface area contributed by atoms with Crippen molar-refractivity contribution in [3.05, 3.63) is 28.7 Å². The van der Waals surface area contributed by atoms with Gasteiger partial charge in [0.05, 0.1) is 11.2 Å². The van der Waals surface area contributed by atoms with Gasteiger partial charge in [0, 0.05) is 21.7 Å². The molecule has 0 bridgehead atoms. The molecule has 0 amide bonds. The van der Waals surface area contributed by atoms with Crippen molar-refractivity contribution in [1.82, 2.24) is 4.72 Å². The molecule has 0 saturated heterocycles. The van der Waals surface area contributed by atoms with Crippen LogP contribution in [0.4, 0.5) is 0 Å². The van der Waals surface area contributed by atoms with Gasteiger partial charge in [-0.25, -0.2) is 13.1 Å². The summed E-state index contributed by atoms with van der Waals surface area (Å²) < 4.78 is 27.5. The van der Waals surface area contributed by atoms with E-state index in [1.807, 2.05) is 24.3 Å². The molecule has 116 valence electrons.